The Kier molecular flexibility index (Phi) is 5.77. The van der Waals surface area contributed by atoms with Gasteiger partial charge < -0.3 is 4.57 Å². The lowest BCUT2D eigenvalue weighted by atomic mass is 9.99. The first kappa shape index (κ1) is 22.2. The Bertz CT molecular complexity index is 1640. The first-order valence-electron chi connectivity index (χ1n) is 11.9. The molecule has 0 N–H and O–H groups in total. The number of hydrogen-bond donors (Lipinski definition) is 0. The maximum atomic E-state index is 15.3. The Morgan fingerprint density at radius 2 is 1.17 bits per heavy atom. The van der Waals surface area contributed by atoms with Crippen molar-refractivity contribution in [1.82, 2.24) is 9.97 Å². The molecule has 0 saturated heterocycles. The van der Waals surface area contributed by atoms with E-state index in [-0.39, 0.29) is 0 Å². The van der Waals surface area contributed by atoms with Gasteiger partial charge in [0.15, 0.2) is 7.14 Å². The van der Waals surface area contributed by atoms with Crippen LogP contribution in [0.25, 0.3) is 33.4 Å². The van der Waals surface area contributed by atoms with Gasteiger partial charge in [-0.2, -0.15) is 0 Å². The van der Waals surface area contributed by atoms with Gasteiger partial charge in [0.05, 0.1) is 16.9 Å². The lowest BCUT2D eigenvalue weighted by molar-refractivity contribution is 0.592. The number of para-hydroxylation sites is 1. The topological polar surface area (TPSA) is 42.9 Å². The van der Waals surface area contributed by atoms with E-state index in [4.69, 9.17) is 4.98 Å². The third-order valence-corrected chi connectivity index (χ3v) is 9.50. The summed E-state index contributed by atoms with van der Waals surface area (Å²) < 4.78 is 15.3. The molecule has 0 bridgehead atoms. The van der Waals surface area contributed by atoms with Crippen LogP contribution in [0.2, 0.25) is 0 Å². The summed E-state index contributed by atoms with van der Waals surface area (Å²) in [5, 5.41) is 3.27. The molecule has 4 aromatic carbocycles. The average molecular weight is 483 g/mol. The SMILES string of the molecule is O=P(c1ccccc1)(c1ccccc1)c1cccc2c(-c3ccccc3)cc(-c3ccccn3)nc12. The van der Waals surface area contributed by atoms with Crippen molar-refractivity contribution in [2.75, 3.05) is 0 Å². The standard InChI is InChI=1S/C32H23N2OP/c35-36(25-15-6-2-7-16-25,26-17-8-3-9-18-26)31-21-12-19-27-28(24-13-4-1-5-14-24)23-30(34-32(27)31)29-20-10-11-22-33-29/h1-23H. The fraction of sp³-hybridized carbons (Fsp3) is 0. The molecule has 2 aromatic heterocycles. The molecule has 0 aliphatic rings. The number of pyridine rings is 2. The number of hydrogen-bond acceptors (Lipinski definition) is 3. The molecule has 0 radical (unpaired) electrons. The van der Waals surface area contributed by atoms with Crippen molar-refractivity contribution < 1.29 is 4.57 Å². The highest BCUT2D eigenvalue weighted by atomic mass is 31.2. The summed E-state index contributed by atoms with van der Waals surface area (Å²) >= 11 is 0. The van der Waals surface area contributed by atoms with E-state index >= 15 is 4.57 Å². The summed E-state index contributed by atoms with van der Waals surface area (Å²) in [6.45, 7) is 0. The van der Waals surface area contributed by atoms with Crippen LogP contribution in [0.1, 0.15) is 0 Å². The minimum Gasteiger partial charge on any atom is -0.309 e. The second-order valence-electron chi connectivity index (χ2n) is 8.59. The molecular weight excluding hydrogens is 459 g/mol. The first-order chi connectivity index (χ1) is 17.7. The lowest BCUT2D eigenvalue weighted by Crippen LogP contribution is -2.26. The second-order valence-corrected chi connectivity index (χ2v) is 11.3. The Balaban J connectivity index is 1.73. The maximum absolute atomic E-state index is 15.3. The minimum atomic E-state index is -3.23. The van der Waals surface area contributed by atoms with Crippen LogP contribution >= 0.6 is 7.14 Å². The molecule has 36 heavy (non-hydrogen) atoms. The molecule has 172 valence electrons. The van der Waals surface area contributed by atoms with Crippen molar-refractivity contribution in [3.05, 3.63) is 140 Å². The zero-order valence-corrected chi connectivity index (χ0v) is 20.4. The Morgan fingerprint density at radius 1 is 0.556 bits per heavy atom. The van der Waals surface area contributed by atoms with Gasteiger partial charge in [-0.25, -0.2) is 4.98 Å². The first-order valence-corrected chi connectivity index (χ1v) is 13.6. The third kappa shape index (κ3) is 3.84. The summed E-state index contributed by atoms with van der Waals surface area (Å²) in [6, 6.07) is 43.7. The van der Waals surface area contributed by atoms with E-state index < -0.39 is 7.14 Å². The summed E-state index contributed by atoms with van der Waals surface area (Å²) in [4.78, 5) is 9.68. The third-order valence-electron chi connectivity index (χ3n) is 6.41. The van der Waals surface area contributed by atoms with E-state index in [2.05, 4.69) is 29.2 Å². The van der Waals surface area contributed by atoms with E-state index in [9.17, 15) is 0 Å². The molecule has 6 rings (SSSR count). The largest absolute Gasteiger partial charge is 0.309 e. The molecule has 0 spiro atoms. The van der Waals surface area contributed by atoms with Crippen molar-refractivity contribution in [2.24, 2.45) is 0 Å². The van der Waals surface area contributed by atoms with Crippen molar-refractivity contribution in [2.45, 2.75) is 0 Å². The Morgan fingerprint density at radius 3 is 1.78 bits per heavy atom. The van der Waals surface area contributed by atoms with Gasteiger partial charge in [-0.3, -0.25) is 4.98 Å². The summed E-state index contributed by atoms with van der Waals surface area (Å²) in [5.41, 5.74) is 4.38. The molecule has 3 nitrogen and oxygen atoms in total. The van der Waals surface area contributed by atoms with Gasteiger partial charge in [0.2, 0.25) is 0 Å². The van der Waals surface area contributed by atoms with Crippen molar-refractivity contribution in [3.8, 4) is 22.5 Å². The van der Waals surface area contributed by atoms with E-state index in [0.717, 1.165) is 49.3 Å². The maximum Gasteiger partial charge on any atom is 0.173 e. The van der Waals surface area contributed by atoms with Gasteiger partial charge in [-0.1, -0.05) is 109 Å². The van der Waals surface area contributed by atoms with Gasteiger partial charge >= 0.3 is 0 Å². The monoisotopic (exact) mass is 482 g/mol. The fourth-order valence-electron chi connectivity index (χ4n) is 4.69. The minimum absolute atomic E-state index is 0.729. The highest BCUT2D eigenvalue weighted by Crippen LogP contribution is 2.45. The normalized spacial score (nSPS) is 11.4. The smallest absolute Gasteiger partial charge is 0.173 e. The Hall–Kier alpha value is -4.33. The fourth-order valence-corrected chi connectivity index (χ4v) is 7.50. The van der Waals surface area contributed by atoms with Gasteiger partial charge in [0.1, 0.15) is 0 Å². The van der Waals surface area contributed by atoms with Gasteiger partial charge in [-0.05, 0) is 35.4 Å². The number of nitrogens with zero attached hydrogens (tertiary/aromatic N) is 2. The number of rotatable bonds is 5. The number of fused-ring (bicyclic) bond motifs is 1. The molecule has 6 aromatic rings. The molecule has 0 unspecified atom stereocenters. The van der Waals surface area contributed by atoms with Crippen molar-refractivity contribution in [3.63, 3.8) is 0 Å². The predicted molar refractivity (Wildman–Crippen MR) is 150 cm³/mol. The van der Waals surface area contributed by atoms with Gasteiger partial charge in [-0.15, -0.1) is 0 Å². The summed E-state index contributed by atoms with van der Waals surface area (Å²) in [6.07, 6.45) is 1.77. The molecule has 0 aliphatic heterocycles. The quantitative estimate of drug-likeness (QED) is 0.260. The lowest BCUT2D eigenvalue weighted by Gasteiger charge is -2.22. The molecule has 0 amide bonds. The van der Waals surface area contributed by atoms with Crippen LogP contribution in [0.15, 0.2) is 140 Å². The predicted octanol–water partition coefficient (Wildman–Crippen LogP) is 6.60. The second kappa shape index (κ2) is 9.37. The van der Waals surface area contributed by atoms with E-state index in [0.29, 0.717) is 0 Å². The molecular formula is C32H23N2OP. The van der Waals surface area contributed by atoms with Crippen molar-refractivity contribution in [1.29, 1.82) is 0 Å². The van der Waals surface area contributed by atoms with Crippen LogP contribution in [-0.4, -0.2) is 9.97 Å². The van der Waals surface area contributed by atoms with Crippen LogP contribution in [0.3, 0.4) is 0 Å². The van der Waals surface area contributed by atoms with E-state index in [1.54, 1.807) is 6.20 Å². The van der Waals surface area contributed by atoms with Crippen LogP contribution in [0, 0.1) is 0 Å². The van der Waals surface area contributed by atoms with Crippen molar-refractivity contribution >= 4 is 34.0 Å². The van der Waals surface area contributed by atoms with Crippen LogP contribution < -0.4 is 15.9 Å². The number of benzene rings is 4. The summed E-state index contributed by atoms with van der Waals surface area (Å²) in [7, 11) is -3.23. The molecule has 2 heterocycles. The molecule has 0 saturated carbocycles. The number of aromatic nitrogens is 2. The van der Waals surface area contributed by atoms with Crippen LogP contribution in [0.4, 0.5) is 0 Å². The molecule has 4 heteroatoms. The zero-order chi connectivity index (χ0) is 24.4. The summed E-state index contributed by atoms with van der Waals surface area (Å²) in [5.74, 6) is 0. The average Bonchev–Trinajstić information content (AvgIpc) is 2.97. The van der Waals surface area contributed by atoms with Crippen LogP contribution in [0.5, 0.6) is 0 Å². The van der Waals surface area contributed by atoms with Gasteiger partial charge in [0, 0.05) is 27.5 Å². The molecule has 0 atom stereocenters. The van der Waals surface area contributed by atoms with Crippen LogP contribution in [-0.2, 0) is 4.57 Å². The Labute approximate surface area is 210 Å². The highest BCUT2D eigenvalue weighted by Gasteiger charge is 2.32. The van der Waals surface area contributed by atoms with E-state index in [1.807, 2.05) is 109 Å². The zero-order valence-electron chi connectivity index (χ0n) is 19.5. The molecule has 0 aliphatic carbocycles. The van der Waals surface area contributed by atoms with Gasteiger partial charge in [0.25, 0.3) is 0 Å². The van der Waals surface area contributed by atoms with E-state index in [1.165, 1.54) is 0 Å². The highest BCUT2D eigenvalue weighted by molar-refractivity contribution is 7.85. The molecule has 0 fully saturated rings.